The van der Waals surface area contributed by atoms with E-state index >= 15 is 0 Å². The molecule has 0 atom stereocenters. The van der Waals surface area contributed by atoms with Crippen molar-refractivity contribution in [1.82, 2.24) is 0 Å². The molecule has 1 aromatic rings. The summed E-state index contributed by atoms with van der Waals surface area (Å²) in [4.78, 5) is 0. The molecule has 0 unspecified atom stereocenters. The van der Waals surface area contributed by atoms with Gasteiger partial charge in [-0.1, -0.05) is 32.0 Å². The highest BCUT2D eigenvalue weighted by atomic mass is 16.5. The maximum absolute atomic E-state index is 6.11. The maximum atomic E-state index is 6.11. The molecule has 0 saturated heterocycles. The van der Waals surface area contributed by atoms with Gasteiger partial charge in [-0.15, -0.1) is 0 Å². The van der Waals surface area contributed by atoms with Crippen LogP contribution in [-0.4, -0.2) is 5.60 Å². The first-order valence-corrected chi connectivity index (χ1v) is 5.80. The molecule has 1 heterocycles. The molecule has 0 radical (unpaired) electrons. The van der Waals surface area contributed by atoms with Gasteiger partial charge in [0.1, 0.15) is 11.4 Å². The Balaban J connectivity index is 2.45. The van der Waals surface area contributed by atoms with Gasteiger partial charge in [0, 0.05) is 0 Å². The average molecular weight is 204 g/mol. The summed E-state index contributed by atoms with van der Waals surface area (Å²) in [7, 11) is 0. The Kier molecular flexibility index (Phi) is 2.49. The molecule has 0 spiro atoms. The van der Waals surface area contributed by atoms with Gasteiger partial charge < -0.3 is 4.74 Å². The lowest BCUT2D eigenvalue weighted by Crippen LogP contribution is -2.33. The summed E-state index contributed by atoms with van der Waals surface area (Å²) in [5.74, 6) is 1.68. The number of ether oxygens (including phenoxy) is 1. The van der Waals surface area contributed by atoms with E-state index in [9.17, 15) is 0 Å². The van der Waals surface area contributed by atoms with Crippen LogP contribution in [0.2, 0.25) is 0 Å². The van der Waals surface area contributed by atoms with E-state index in [0.29, 0.717) is 5.92 Å². The lowest BCUT2D eigenvalue weighted by atomic mass is 9.90. The fourth-order valence-corrected chi connectivity index (χ4v) is 2.14. The van der Waals surface area contributed by atoms with Crippen molar-refractivity contribution in [3.63, 3.8) is 0 Å². The van der Waals surface area contributed by atoms with E-state index in [4.69, 9.17) is 4.74 Å². The van der Waals surface area contributed by atoms with Gasteiger partial charge in [-0.25, -0.2) is 0 Å². The van der Waals surface area contributed by atoms with Crippen LogP contribution >= 0.6 is 0 Å². The smallest absolute Gasteiger partial charge is 0.126 e. The SMILES string of the molecule is CC(C)c1cccc2c1OC(C)(C)CC2. The number of fused-ring (bicyclic) bond motifs is 1. The van der Waals surface area contributed by atoms with Crippen molar-refractivity contribution in [2.75, 3.05) is 0 Å². The molecule has 15 heavy (non-hydrogen) atoms. The van der Waals surface area contributed by atoms with E-state index in [1.54, 1.807) is 0 Å². The van der Waals surface area contributed by atoms with Crippen LogP contribution in [0.1, 0.15) is 51.2 Å². The first-order chi connectivity index (χ1) is 6.99. The second-order valence-corrected chi connectivity index (χ2v) is 5.35. The van der Waals surface area contributed by atoms with Crippen LogP contribution in [0.15, 0.2) is 18.2 Å². The molecule has 0 saturated carbocycles. The number of benzene rings is 1. The van der Waals surface area contributed by atoms with Crippen molar-refractivity contribution in [2.24, 2.45) is 0 Å². The Morgan fingerprint density at radius 2 is 2.00 bits per heavy atom. The van der Waals surface area contributed by atoms with Gasteiger partial charge in [0.25, 0.3) is 0 Å². The highest BCUT2D eigenvalue weighted by Crippen LogP contribution is 2.38. The van der Waals surface area contributed by atoms with E-state index in [-0.39, 0.29) is 5.60 Å². The number of para-hydroxylation sites is 1. The monoisotopic (exact) mass is 204 g/mol. The summed E-state index contributed by atoms with van der Waals surface area (Å²) in [6.07, 6.45) is 2.25. The first-order valence-electron chi connectivity index (χ1n) is 5.80. The second-order valence-electron chi connectivity index (χ2n) is 5.35. The predicted molar refractivity (Wildman–Crippen MR) is 63.6 cm³/mol. The lowest BCUT2D eigenvalue weighted by Gasteiger charge is -2.34. The molecule has 82 valence electrons. The van der Waals surface area contributed by atoms with Gasteiger partial charge in [0.2, 0.25) is 0 Å². The normalized spacial score (nSPS) is 18.5. The Labute approximate surface area is 92.5 Å². The van der Waals surface area contributed by atoms with Gasteiger partial charge in [0.15, 0.2) is 0 Å². The third-order valence-corrected chi connectivity index (χ3v) is 3.12. The van der Waals surface area contributed by atoms with Crippen molar-refractivity contribution < 1.29 is 4.74 Å². The summed E-state index contributed by atoms with van der Waals surface area (Å²) in [5.41, 5.74) is 2.72. The van der Waals surface area contributed by atoms with E-state index in [1.807, 2.05) is 0 Å². The molecule has 1 aromatic carbocycles. The van der Waals surface area contributed by atoms with Crippen LogP contribution < -0.4 is 4.74 Å². The molecule has 0 fully saturated rings. The summed E-state index contributed by atoms with van der Waals surface area (Å²) in [6.45, 7) is 8.79. The van der Waals surface area contributed by atoms with Gasteiger partial charge >= 0.3 is 0 Å². The Morgan fingerprint density at radius 3 is 2.67 bits per heavy atom. The molecule has 0 N–H and O–H groups in total. The highest BCUT2D eigenvalue weighted by Gasteiger charge is 2.28. The summed E-state index contributed by atoms with van der Waals surface area (Å²) in [5, 5.41) is 0. The van der Waals surface area contributed by atoms with Gasteiger partial charge in [-0.05, 0) is 43.7 Å². The van der Waals surface area contributed by atoms with E-state index in [0.717, 1.165) is 18.6 Å². The highest BCUT2D eigenvalue weighted by molar-refractivity contribution is 5.45. The molecular formula is C14H20O. The predicted octanol–water partition coefficient (Wildman–Crippen LogP) is 3.91. The average Bonchev–Trinajstić information content (AvgIpc) is 2.15. The van der Waals surface area contributed by atoms with Crippen LogP contribution in [0.4, 0.5) is 0 Å². The second kappa shape index (κ2) is 3.55. The molecule has 0 amide bonds. The number of rotatable bonds is 1. The first kappa shape index (κ1) is 10.5. The Morgan fingerprint density at radius 1 is 1.27 bits per heavy atom. The fraction of sp³-hybridized carbons (Fsp3) is 0.571. The zero-order valence-electron chi connectivity index (χ0n) is 10.1. The van der Waals surface area contributed by atoms with Crippen LogP contribution in [0, 0.1) is 0 Å². The largest absolute Gasteiger partial charge is 0.487 e. The third-order valence-electron chi connectivity index (χ3n) is 3.12. The lowest BCUT2D eigenvalue weighted by molar-refractivity contribution is 0.0830. The third kappa shape index (κ3) is 2.01. The van der Waals surface area contributed by atoms with Crippen molar-refractivity contribution >= 4 is 0 Å². The number of hydrogen-bond donors (Lipinski definition) is 0. The number of aryl methyl sites for hydroxylation is 1. The molecule has 1 heteroatoms. The number of hydrogen-bond acceptors (Lipinski definition) is 1. The molecule has 0 bridgehead atoms. The summed E-state index contributed by atoms with van der Waals surface area (Å²) in [6, 6.07) is 6.52. The fourth-order valence-electron chi connectivity index (χ4n) is 2.14. The molecule has 1 aliphatic rings. The minimum atomic E-state index is -0.00199. The molecule has 1 aliphatic heterocycles. The van der Waals surface area contributed by atoms with E-state index in [2.05, 4.69) is 45.9 Å². The topological polar surface area (TPSA) is 9.23 Å². The van der Waals surface area contributed by atoms with Crippen LogP contribution in [0.3, 0.4) is 0 Å². The molecule has 2 rings (SSSR count). The quantitative estimate of drug-likeness (QED) is 0.674. The standard InChI is InChI=1S/C14H20O/c1-10(2)12-7-5-6-11-8-9-14(3,4)15-13(11)12/h5-7,10H,8-9H2,1-4H3. The minimum absolute atomic E-state index is 0.00199. The van der Waals surface area contributed by atoms with Crippen LogP contribution in [0.25, 0.3) is 0 Å². The zero-order valence-corrected chi connectivity index (χ0v) is 10.1. The van der Waals surface area contributed by atoms with Crippen LogP contribution in [0.5, 0.6) is 5.75 Å². The molecular weight excluding hydrogens is 184 g/mol. The zero-order chi connectivity index (χ0) is 11.1. The van der Waals surface area contributed by atoms with Crippen molar-refractivity contribution in [3.8, 4) is 5.75 Å². The maximum Gasteiger partial charge on any atom is 0.126 e. The minimum Gasteiger partial charge on any atom is -0.487 e. The van der Waals surface area contributed by atoms with Crippen molar-refractivity contribution in [1.29, 1.82) is 0 Å². The van der Waals surface area contributed by atoms with Crippen molar-refractivity contribution in [3.05, 3.63) is 29.3 Å². The molecule has 0 aliphatic carbocycles. The van der Waals surface area contributed by atoms with Gasteiger partial charge in [-0.3, -0.25) is 0 Å². The Hall–Kier alpha value is -0.980. The van der Waals surface area contributed by atoms with E-state index in [1.165, 1.54) is 11.1 Å². The van der Waals surface area contributed by atoms with Crippen molar-refractivity contribution in [2.45, 2.75) is 52.1 Å². The Bertz CT molecular complexity index is 364. The van der Waals surface area contributed by atoms with E-state index < -0.39 is 0 Å². The molecule has 0 aromatic heterocycles. The summed E-state index contributed by atoms with van der Waals surface area (Å²) < 4.78 is 6.11. The molecule has 1 nitrogen and oxygen atoms in total. The van der Waals surface area contributed by atoms with Gasteiger partial charge in [-0.2, -0.15) is 0 Å². The summed E-state index contributed by atoms with van der Waals surface area (Å²) >= 11 is 0. The van der Waals surface area contributed by atoms with Gasteiger partial charge in [0.05, 0.1) is 0 Å². The van der Waals surface area contributed by atoms with Crippen LogP contribution in [-0.2, 0) is 6.42 Å².